The molecule has 1 heterocycles. The molecule has 1 rings (SSSR count). The van der Waals surface area contributed by atoms with Gasteiger partial charge in [-0.15, -0.1) is 0 Å². The minimum absolute atomic E-state index is 0.161. The lowest BCUT2D eigenvalue weighted by Crippen LogP contribution is -1.87. The Bertz CT molecular complexity index is 404. The minimum Gasteiger partial charge on any atom is -0.288 e. The highest BCUT2D eigenvalue weighted by Gasteiger charge is 1.96. The monoisotopic (exact) mass is 255 g/mol. The molecular weight excluding hydrogens is 242 g/mol. The molecule has 2 nitrogen and oxygen atoms in total. The summed E-state index contributed by atoms with van der Waals surface area (Å²) < 4.78 is 0. The molecule has 4 heteroatoms. The summed E-state index contributed by atoms with van der Waals surface area (Å²) in [6.07, 6.45) is 6.50. The highest BCUT2D eigenvalue weighted by atomic mass is 35.5. The Morgan fingerprint density at radius 3 is 3.00 bits per heavy atom. The van der Waals surface area contributed by atoms with Crippen LogP contribution >= 0.6 is 23.4 Å². The first-order valence-electron chi connectivity index (χ1n) is 5.01. The van der Waals surface area contributed by atoms with Gasteiger partial charge >= 0.3 is 0 Å². The number of rotatable bonds is 4. The lowest BCUT2D eigenvalue weighted by molar-refractivity contribution is -0.109. The number of thioether (sulfide) groups is 1. The van der Waals surface area contributed by atoms with E-state index in [-0.39, 0.29) is 5.12 Å². The predicted molar refractivity (Wildman–Crippen MR) is 70.8 cm³/mol. The fraction of sp³-hybridized carbons (Fsp3) is 0.333. The highest BCUT2D eigenvalue weighted by molar-refractivity contribution is 8.13. The van der Waals surface area contributed by atoms with E-state index >= 15 is 0 Å². The Hall–Kier alpha value is -0.800. The van der Waals surface area contributed by atoms with Gasteiger partial charge in [0.1, 0.15) is 0 Å². The van der Waals surface area contributed by atoms with Gasteiger partial charge < -0.3 is 0 Å². The average molecular weight is 256 g/mol. The summed E-state index contributed by atoms with van der Waals surface area (Å²) in [5, 5.41) is 0.816. The van der Waals surface area contributed by atoms with Crippen LogP contribution in [0.5, 0.6) is 0 Å². The Labute approximate surface area is 105 Å². The molecule has 0 atom stereocenters. The summed E-state index contributed by atoms with van der Waals surface area (Å²) in [5.41, 5.74) is 1.99. The molecule has 0 radical (unpaired) electrons. The summed E-state index contributed by atoms with van der Waals surface area (Å²) in [5.74, 6) is 0.818. The van der Waals surface area contributed by atoms with Crippen LogP contribution in [0.25, 0.3) is 6.08 Å². The van der Waals surface area contributed by atoms with E-state index in [0.717, 1.165) is 23.4 Å². The van der Waals surface area contributed by atoms with E-state index in [1.54, 1.807) is 13.1 Å². The van der Waals surface area contributed by atoms with E-state index in [2.05, 4.69) is 4.98 Å². The summed E-state index contributed by atoms with van der Waals surface area (Å²) in [6.45, 7) is 3.56. The van der Waals surface area contributed by atoms with Crippen LogP contribution in [0.15, 0.2) is 18.3 Å². The summed E-state index contributed by atoms with van der Waals surface area (Å²) in [7, 11) is 0. The second kappa shape index (κ2) is 6.71. The number of nitrogens with zero attached hydrogens (tertiary/aromatic N) is 1. The van der Waals surface area contributed by atoms with Crippen LogP contribution in [-0.2, 0) is 4.79 Å². The molecule has 0 fully saturated rings. The number of hydrogen-bond acceptors (Lipinski definition) is 3. The zero-order valence-corrected chi connectivity index (χ0v) is 10.9. The normalized spacial score (nSPS) is 10.9. The van der Waals surface area contributed by atoms with E-state index < -0.39 is 0 Å². The van der Waals surface area contributed by atoms with Crippen molar-refractivity contribution in [2.75, 3.05) is 5.75 Å². The first-order chi connectivity index (χ1) is 7.59. The van der Waals surface area contributed by atoms with Crippen LogP contribution in [0, 0.1) is 6.92 Å². The average Bonchev–Trinajstić information content (AvgIpc) is 2.20. The maximum atomic E-state index is 10.7. The number of carbonyl (C=O) groups excluding carboxylic acids is 1. The van der Waals surface area contributed by atoms with Gasteiger partial charge in [0.2, 0.25) is 0 Å². The molecule has 0 aromatic carbocycles. The van der Waals surface area contributed by atoms with Crippen LogP contribution in [0.1, 0.15) is 24.6 Å². The molecular formula is C12H14ClNOS. The van der Waals surface area contributed by atoms with Crippen molar-refractivity contribution >= 4 is 34.6 Å². The van der Waals surface area contributed by atoms with Gasteiger partial charge in [0, 0.05) is 18.9 Å². The van der Waals surface area contributed by atoms with Gasteiger partial charge in [0.15, 0.2) is 5.12 Å². The number of aryl methyl sites for hydroxylation is 1. The first kappa shape index (κ1) is 13.3. The predicted octanol–water partition coefficient (Wildman–Crippen LogP) is 3.73. The van der Waals surface area contributed by atoms with Crippen molar-refractivity contribution in [3.8, 4) is 0 Å². The van der Waals surface area contributed by atoms with Gasteiger partial charge in [-0.1, -0.05) is 29.4 Å². The van der Waals surface area contributed by atoms with Gasteiger partial charge in [-0.05, 0) is 31.1 Å². The Balaban J connectivity index is 2.47. The standard InChI is InChI=1S/C12H14ClNOS/c1-9-7-11(13)8-14-12(9)5-3-4-6-16-10(2)15/h3,5,7-8H,4,6H2,1-2H3. The lowest BCUT2D eigenvalue weighted by atomic mass is 10.2. The third-order valence-electron chi connectivity index (χ3n) is 1.95. The Morgan fingerprint density at radius 1 is 1.62 bits per heavy atom. The van der Waals surface area contributed by atoms with Crippen LogP contribution in [0.2, 0.25) is 5.02 Å². The molecule has 0 spiro atoms. The van der Waals surface area contributed by atoms with Crippen LogP contribution in [0.4, 0.5) is 0 Å². The number of aromatic nitrogens is 1. The van der Waals surface area contributed by atoms with Crippen molar-refractivity contribution in [3.63, 3.8) is 0 Å². The number of allylic oxidation sites excluding steroid dienone is 1. The van der Waals surface area contributed by atoms with Crippen molar-refractivity contribution < 1.29 is 4.79 Å². The molecule has 1 aromatic rings. The number of hydrogen-bond donors (Lipinski definition) is 0. The van der Waals surface area contributed by atoms with E-state index in [1.807, 2.05) is 25.1 Å². The molecule has 0 saturated heterocycles. The molecule has 0 aliphatic carbocycles. The van der Waals surface area contributed by atoms with E-state index in [4.69, 9.17) is 11.6 Å². The number of halogens is 1. The van der Waals surface area contributed by atoms with E-state index in [0.29, 0.717) is 5.02 Å². The summed E-state index contributed by atoms with van der Waals surface area (Å²) in [6, 6.07) is 1.89. The van der Waals surface area contributed by atoms with Gasteiger partial charge in [-0.25, -0.2) is 0 Å². The second-order valence-electron chi connectivity index (χ2n) is 3.39. The van der Waals surface area contributed by atoms with Crippen LogP contribution in [-0.4, -0.2) is 15.9 Å². The maximum absolute atomic E-state index is 10.7. The third-order valence-corrected chi connectivity index (χ3v) is 3.00. The van der Waals surface area contributed by atoms with Crippen molar-refractivity contribution in [1.29, 1.82) is 0 Å². The van der Waals surface area contributed by atoms with Gasteiger partial charge in [0.25, 0.3) is 0 Å². The van der Waals surface area contributed by atoms with Crippen molar-refractivity contribution in [3.05, 3.63) is 34.6 Å². The van der Waals surface area contributed by atoms with E-state index in [1.165, 1.54) is 11.8 Å². The fourth-order valence-corrected chi connectivity index (χ4v) is 1.95. The lowest BCUT2D eigenvalue weighted by Gasteiger charge is -1.99. The van der Waals surface area contributed by atoms with Crippen molar-refractivity contribution in [2.24, 2.45) is 0 Å². The molecule has 0 aliphatic heterocycles. The van der Waals surface area contributed by atoms with Crippen LogP contribution in [0.3, 0.4) is 0 Å². The third kappa shape index (κ3) is 4.81. The molecule has 1 aromatic heterocycles. The summed E-state index contributed by atoms with van der Waals surface area (Å²) >= 11 is 7.15. The molecule has 0 saturated carbocycles. The molecule has 0 N–H and O–H groups in total. The van der Waals surface area contributed by atoms with Gasteiger partial charge in [0.05, 0.1) is 10.7 Å². The summed E-state index contributed by atoms with van der Waals surface area (Å²) in [4.78, 5) is 14.9. The van der Waals surface area contributed by atoms with Crippen LogP contribution < -0.4 is 0 Å². The minimum atomic E-state index is 0.161. The Kier molecular flexibility index (Phi) is 5.56. The Morgan fingerprint density at radius 2 is 2.38 bits per heavy atom. The van der Waals surface area contributed by atoms with Gasteiger partial charge in [-0.3, -0.25) is 9.78 Å². The topological polar surface area (TPSA) is 30.0 Å². The maximum Gasteiger partial charge on any atom is 0.185 e. The molecule has 86 valence electrons. The van der Waals surface area contributed by atoms with Gasteiger partial charge in [-0.2, -0.15) is 0 Å². The second-order valence-corrected chi connectivity index (χ2v) is 5.10. The SMILES string of the molecule is CC(=O)SCCC=Cc1ncc(Cl)cc1C. The zero-order valence-electron chi connectivity index (χ0n) is 9.37. The smallest absolute Gasteiger partial charge is 0.185 e. The first-order valence-corrected chi connectivity index (χ1v) is 6.38. The molecule has 0 bridgehead atoms. The van der Waals surface area contributed by atoms with E-state index in [9.17, 15) is 4.79 Å². The molecule has 0 unspecified atom stereocenters. The molecule has 0 amide bonds. The molecule has 16 heavy (non-hydrogen) atoms. The highest BCUT2D eigenvalue weighted by Crippen LogP contribution is 2.13. The zero-order chi connectivity index (χ0) is 12.0. The fourth-order valence-electron chi connectivity index (χ4n) is 1.19. The van der Waals surface area contributed by atoms with Crippen molar-refractivity contribution in [1.82, 2.24) is 4.98 Å². The largest absolute Gasteiger partial charge is 0.288 e. The number of pyridine rings is 1. The number of carbonyl (C=O) groups is 1. The molecule has 0 aliphatic rings. The quantitative estimate of drug-likeness (QED) is 0.768. The van der Waals surface area contributed by atoms with Crippen molar-refractivity contribution in [2.45, 2.75) is 20.3 Å².